The molecule has 1 aliphatic rings. The fourth-order valence-corrected chi connectivity index (χ4v) is 2.60. The Bertz CT molecular complexity index is 255. The highest BCUT2D eigenvalue weighted by molar-refractivity contribution is 5.81. The van der Waals surface area contributed by atoms with Crippen LogP contribution < -0.4 is 10.6 Å². The molecule has 0 spiro atoms. The van der Waals surface area contributed by atoms with Gasteiger partial charge in [0.15, 0.2) is 0 Å². The number of hydrogen-bond acceptors (Lipinski definition) is 3. The molecule has 2 atom stereocenters. The highest BCUT2D eigenvalue weighted by Crippen LogP contribution is 2.19. The molecule has 106 valence electrons. The minimum absolute atomic E-state index is 0.00999. The number of piperidine rings is 1. The predicted octanol–water partition coefficient (Wildman–Crippen LogP) is 1.36. The lowest BCUT2D eigenvalue weighted by Crippen LogP contribution is -2.54. The maximum Gasteiger partial charge on any atom is 0.237 e. The van der Waals surface area contributed by atoms with Crippen LogP contribution in [0.4, 0.5) is 0 Å². The van der Waals surface area contributed by atoms with Crippen molar-refractivity contribution in [2.75, 3.05) is 19.6 Å². The first-order valence-corrected chi connectivity index (χ1v) is 7.33. The highest BCUT2D eigenvalue weighted by Gasteiger charge is 2.29. The molecular formula is C14H29N3O. The number of hydrogen-bond donors (Lipinski definition) is 2. The molecule has 18 heavy (non-hydrogen) atoms. The molecule has 4 heteroatoms. The lowest BCUT2D eigenvalue weighted by molar-refractivity contribution is -0.127. The van der Waals surface area contributed by atoms with Crippen molar-refractivity contribution in [3.63, 3.8) is 0 Å². The highest BCUT2D eigenvalue weighted by atomic mass is 16.2. The topological polar surface area (TPSA) is 44.4 Å². The molecule has 2 N–H and O–H groups in total. The largest absolute Gasteiger partial charge is 0.355 e. The van der Waals surface area contributed by atoms with E-state index in [0.29, 0.717) is 18.6 Å². The molecule has 1 rings (SSSR count). The van der Waals surface area contributed by atoms with Crippen LogP contribution in [-0.2, 0) is 4.79 Å². The molecular weight excluding hydrogens is 226 g/mol. The van der Waals surface area contributed by atoms with Gasteiger partial charge in [0, 0.05) is 25.2 Å². The second kappa shape index (κ2) is 7.74. The van der Waals surface area contributed by atoms with Gasteiger partial charge in [0.05, 0.1) is 6.04 Å². The predicted molar refractivity (Wildman–Crippen MR) is 75.6 cm³/mol. The van der Waals surface area contributed by atoms with Gasteiger partial charge in [0.2, 0.25) is 5.91 Å². The van der Waals surface area contributed by atoms with Gasteiger partial charge >= 0.3 is 0 Å². The molecule has 0 saturated carbocycles. The van der Waals surface area contributed by atoms with E-state index >= 15 is 0 Å². The molecule has 0 aromatic rings. The Morgan fingerprint density at radius 3 is 2.67 bits per heavy atom. The van der Waals surface area contributed by atoms with E-state index in [4.69, 9.17) is 0 Å². The monoisotopic (exact) mass is 255 g/mol. The minimum Gasteiger partial charge on any atom is -0.355 e. The molecule has 0 radical (unpaired) electrons. The number of amides is 1. The molecule has 4 nitrogen and oxygen atoms in total. The van der Waals surface area contributed by atoms with Crippen molar-refractivity contribution in [1.29, 1.82) is 0 Å². The molecule has 0 aromatic heterocycles. The van der Waals surface area contributed by atoms with E-state index < -0.39 is 0 Å². The maximum absolute atomic E-state index is 12.0. The Hall–Kier alpha value is -0.610. The summed E-state index contributed by atoms with van der Waals surface area (Å²) in [5.41, 5.74) is 0. The van der Waals surface area contributed by atoms with Gasteiger partial charge in [0.25, 0.3) is 0 Å². The molecule has 1 saturated heterocycles. The Morgan fingerprint density at radius 2 is 2.06 bits per heavy atom. The van der Waals surface area contributed by atoms with Crippen LogP contribution in [0, 0.1) is 0 Å². The Labute approximate surface area is 111 Å². The van der Waals surface area contributed by atoms with Crippen LogP contribution in [0.15, 0.2) is 0 Å². The van der Waals surface area contributed by atoms with Crippen LogP contribution in [-0.4, -0.2) is 48.6 Å². The van der Waals surface area contributed by atoms with Crippen molar-refractivity contribution in [2.24, 2.45) is 0 Å². The summed E-state index contributed by atoms with van der Waals surface area (Å²) < 4.78 is 0. The van der Waals surface area contributed by atoms with Crippen LogP contribution in [0.2, 0.25) is 0 Å². The lowest BCUT2D eigenvalue weighted by Gasteiger charge is -2.39. The molecule has 1 aliphatic heterocycles. The van der Waals surface area contributed by atoms with Gasteiger partial charge in [0.1, 0.15) is 0 Å². The van der Waals surface area contributed by atoms with Gasteiger partial charge in [-0.05, 0) is 33.2 Å². The first-order chi connectivity index (χ1) is 8.56. The second-order valence-electron chi connectivity index (χ2n) is 5.52. The molecule has 0 aliphatic carbocycles. The van der Waals surface area contributed by atoms with Gasteiger partial charge in [-0.25, -0.2) is 0 Å². The SMILES string of the molecule is CCNC(=O)C(C)N1CCCCC1CNC(C)C. The maximum atomic E-state index is 12.0. The Balaban J connectivity index is 2.55. The third-order valence-corrected chi connectivity index (χ3v) is 3.66. The van der Waals surface area contributed by atoms with Crippen LogP contribution >= 0.6 is 0 Å². The van der Waals surface area contributed by atoms with Crippen LogP contribution in [0.25, 0.3) is 0 Å². The van der Waals surface area contributed by atoms with Gasteiger partial charge in [-0.2, -0.15) is 0 Å². The molecule has 1 heterocycles. The van der Waals surface area contributed by atoms with Crippen molar-refractivity contribution in [2.45, 2.75) is 65.1 Å². The van der Waals surface area contributed by atoms with Gasteiger partial charge in [-0.3, -0.25) is 9.69 Å². The first kappa shape index (κ1) is 15.4. The van der Waals surface area contributed by atoms with Crippen molar-refractivity contribution in [3.8, 4) is 0 Å². The summed E-state index contributed by atoms with van der Waals surface area (Å²) in [6.07, 6.45) is 3.69. The summed E-state index contributed by atoms with van der Waals surface area (Å²) in [6.45, 7) is 11.1. The average molecular weight is 255 g/mol. The van der Waals surface area contributed by atoms with Crippen LogP contribution in [0.1, 0.15) is 47.0 Å². The van der Waals surface area contributed by atoms with E-state index in [1.807, 2.05) is 13.8 Å². The number of rotatable bonds is 6. The van der Waals surface area contributed by atoms with Crippen LogP contribution in [0.5, 0.6) is 0 Å². The second-order valence-corrected chi connectivity index (χ2v) is 5.52. The number of nitrogens with one attached hydrogen (secondary N) is 2. The first-order valence-electron chi connectivity index (χ1n) is 7.33. The normalized spacial score (nSPS) is 23.1. The molecule has 2 unspecified atom stereocenters. The summed E-state index contributed by atoms with van der Waals surface area (Å²) in [5, 5.41) is 6.42. The van der Waals surface area contributed by atoms with E-state index in [0.717, 1.165) is 13.1 Å². The summed E-state index contributed by atoms with van der Waals surface area (Å²) in [7, 11) is 0. The summed E-state index contributed by atoms with van der Waals surface area (Å²) >= 11 is 0. The number of nitrogens with zero attached hydrogens (tertiary/aromatic N) is 1. The summed E-state index contributed by atoms with van der Waals surface area (Å²) in [4.78, 5) is 14.3. The Morgan fingerprint density at radius 1 is 1.33 bits per heavy atom. The van der Waals surface area contributed by atoms with E-state index in [1.165, 1.54) is 19.3 Å². The molecule has 1 fully saturated rings. The standard InChI is InChI=1S/C14H29N3O/c1-5-15-14(18)12(4)17-9-7-6-8-13(17)10-16-11(2)3/h11-13,16H,5-10H2,1-4H3,(H,15,18). The number of carbonyl (C=O) groups is 1. The Kier molecular flexibility index (Phi) is 6.65. The summed E-state index contributed by atoms with van der Waals surface area (Å²) in [6, 6.07) is 0.997. The fraction of sp³-hybridized carbons (Fsp3) is 0.929. The van der Waals surface area contributed by atoms with Crippen molar-refractivity contribution in [1.82, 2.24) is 15.5 Å². The third kappa shape index (κ3) is 4.58. The van der Waals surface area contributed by atoms with E-state index in [1.54, 1.807) is 0 Å². The van der Waals surface area contributed by atoms with Crippen molar-refractivity contribution in [3.05, 3.63) is 0 Å². The van der Waals surface area contributed by atoms with E-state index in [9.17, 15) is 4.79 Å². The minimum atomic E-state index is -0.00999. The number of likely N-dealkylation sites (tertiary alicyclic amines) is 1. The molecule has 0 bridgehead atoms. The van der Waals surface area contributed by atoms with Gasteiger partial charge < -0.3 is 10.6 Å². The molecule has 0 aromatic carbocycles. The van der Waals surface area contributed by atoms with E-state index in [2.05, 4.69) is 29.4 Å². The van der Waals surface area contributed by atoms with Crippen molar-refractivity contribution < 1.29 is 4.79 Å². The number of likely N-dealkylation sites (N-methyl/N-ethyl adjacent to an activating group) is 1. The zero-order valence-corrected chi connectivity index (χ0v) is 12.3. The fourth-order valence-electron chi connectivity index (χ4n) is 2.60. The van der Waals surface area contributed by atoms with Crippen molar-refractivity contribution >= 4 is 5.91 Å². The van der Waals surface area contributed by atoms with Gasteiger partial charge in [-0.1, -0.05) is 20.3 Å². The van der Waals surface area contributed by atoms with E-state index in [-0.39, 0.29) is 11.9 Å². The van der Waals surface area contributed by atoms with Gasteiger partial charge in [-0.15, -0.1) is 0 Å². The van der Waals surface area contributed by atoms with Crippen LogP contribution in [0.3, 0.4) is 0 Å². The zero-order chi connectivity index (χ0) is 13.5. The smallest absolute Gasteiger partial charge is 0.237 e. The zero-order valence-electron chi connectivity index (χ0n) is 12.3. The lowest BCUT2D eigenvalue weighted by atomic mass is 9.99. The molecule has 1 amide bonds. The third-order valence-electron chi connectivity index (χ3n) is 3.66. The quantitative estimate of drug-likeness (QED) is 0.753. The summed E-state index contributed by atoms with van der Waals surface area (Å²) in [5.74, 6) is 0.161. The average Bonchev–Trinajstić information content (AvgIpc) is 2.36. The number of carbonyl (C=O) groups excluding carboxylic acids is 1.